The third-order valence-electron chi connectivity index (χ3n) is 7.50. The van der Waals surface area contributed by atoms with Crippen LogP contribution in [-0.2, 0) is 9.47 Å². The number of allylic oxidation sites excluding steroid dienone is 2. The molecule has 0 N–H and O–H groups in total. The molecule has 1 saturated heterocycles. The average molecular weight is 577 g/mol. The predicted molar refractivity (Wildman–Crippen MR) is 153 cm³/mol. The molecule has 0 saturated carbocycles. The van der Waals surface area contributed by atoms with E-state index in [2.05, 4.69) is 25.0 Å². The molecule has 1 aromatic heterocycles. The first-order valence-electron chi connectivity index (χ1n) is 13.6. The van der Waals surface area contributed by atoms with Crippen molar-refractivity contribution in [1.29, 1.82) is 0 Å². The van der Waals surface area contributed by atoms with Crippen LogP contribution in [0.2, 0.25) is 0 Å². The number of aliphatic imine (C=N–C) groups is 1. The average Bonchev–Trinajstić information content (AvgIpc) is 3.53. The first-order chi connectivity index (χ1) is 20.4. The minimum Gasteiger partial charge on any atom is -0.495 e. The number of carbonyl (C=O) groups excluding carboxylic acids is 1. The molecule has 1 fully saturated rings. The number of anilines is 1. The smallest absolute Gasteiger partial charge is 0.495 e. The Bertz CT molecular complexity index is 1480. The molecule has 2 atom stereocenters. The first-order valence-corrected chi connectivity index (χ1v) is 13.6. The van der Waals surface area contributed by atoms with E-state index in [1.165, 1.54) is 12.5 Å². The van der Waals surface area contributed by atoms with Gasteiger partial charge in [0, 0.05) is 50.1 Å². The van der Waals surface area contributed by atoms with Crippen molar-refractivity contribution in [2.75, 3.05) is 51.3 Å². The summed E-state index contributed by atoms with van der Waals surface area (Å²) >= 11 is 0. The van der Waals surface area contributed by atoms with Gasteiger partial charge in [0.2, 0.25) is 12.3 Å². The topological polar surface area (TPSA) is 146 Å². The Morgan fingerprint density at radius 3 is 2.52 bits per heavy atom. The van der Waals surface area contributed by atoms with Gasteiger partial charge < -0.3 is 23.5 Å². The first kappa shape index (κ1) is 28.7. The largest absolute Gasteiger partial charge is 0.513 e. The zero-order valence-electron chi connectivity index (χ0n) is 23.6. The summed E-state index contributed by atoms with van der Waals surface area (Å²) in [5.74, 6) is -0.328. The number of piperazine rings is 1. The van der Waals surface area contributed by atoms with Gasteiger partial charge in [0.25, 0.3) is 5.69 Å². The second-order valence-corrected chi connectivity index (χ2v) is 9.95. The van der Waals surface area contributed by atoms with Crippen molar-refractivity contribution in [2.24, 2.45) is 4.99 Å². The van der Waals surface area contributed by atoms with E-state index in [9.17, 15) is 14.9 Å². The van der Waals surface area contributed by atoms with Crippen LogP contribution in [0.25, 0.3) is 0 Å². The zero-order valence-corrected chi connectivity index (χ0v) is 23.6. The molecule has 2 unspecified atom stereocenters. The summed E-state index contributed by atoms with van der Waals surface area (Å²) in [5, 5.41) is 19.7. The third kappa shape index (κ3) is 6.10. The Kier molecular flexibility index (Phi) is 8.77. The molecule has 0 bridgehead atoms. The molecule has 0 spiro atoms. The van der Waals surface area contributed by atoms with E-state index in [0.29, 0.717) is 23.5 Å². The SMILES string of the molecule is COc1ccccc1N1CCN(CCOC(=O)OC2=C(C)N=C(C)C(c3nnco3)C2c2ccccc2[N+](=O)[O-])CC1. The minimum atomic E-state index is -0.917. The number of hydrogen-bond donors (Lipinski definition) is 0. The number of carbonyl (C=O) groups is 1. The summed E-state index contributed by atoms with van der Waals surface area (Å²) in [7, 11) is 1.67. The van der Waals surface area contributed by atoms with Gasteiger partial charge in [0.15, 0.2) is 0 Å². The molecule has 0 aliphatic carbocycles. The summed E-state index contributed by atoms with van der Waals surface area (Å²) in [6, 6.07) is 14.2. The van der Waals surface area contributed by atoms with Crippen LogP contribution >= 0.6 is 0 Å². The lowest BCUT2D eigenvalue weighted by Crippen LogP contribution is -2.47. The molecule has 2 aliphatic rings. The second kappa shape index (κ2) is 12.8. The maximum atomic E-state index is 12.9. The fourth-order valence-corrected chi connectivity index (χ4v) is 5.50. The molecule has 42 heavy (non-hydrogen) atoms. The Balaban J connectivity index is 1.25. The Morgan fingerprint density at radius 2 is 1.81 bits per heavy atom. The monoisotopic (exact) mass is 576 g/mol. The number of ether oxygens (including phenoxy) is 3. The van der Waals surface area contributed by atoms with Crippen LogP contribution in [0.1, 0.15) is 37.1 Å². The highest BCUT2D eigenvalue weighted by molar-refractivity contribution is 5.92. The highest BCUT2D eigenvalue weighted by atomic mass is 16.7. The van der Waals surface area contributed by atoms with Crippen molar-refractivity contribution in [3.63, 3.8) is 0 Å². The van der Waals surface area contributed by atoms with Gasteiger partial charge in [-0.05, 0) is 26.0 Å². The van der Waals surface area contributed by atoms with Crippen molar-refractivity contribution in [1.82, 2.24) is 15.1 Å². The van der Waals surface area contributed by atoms with Crippen LogP contribution in [0.3, 0.4) is 0 Å². The number of aromatic nitrogens is 2. The molecule has 2 aliphatic heterocycles. The number of rotatable bonds is 9. The van der Waals surface area contributed by atoms with Crippen molar-refractivity contribution in [3.8, 4) is 5.75 Å². The van der Waals surface area contributed by atoms with E-state index in [1.807, 2.05) is 24.3 Å². The molecule has 3 aromatic rings. The van der Waals surface area contributed by atoms with Crippen LogP contribution in [0, 0.1) is 10.1 Å². The van der Waals surface area contributed by atoms with E-state index >= 15 is 0 Å². The lowest BCUT2D eigenvalue weighted by atomic mass is 9.78. The number of nitro groups is 1. The van der Waals surface area contributed by atoms with Gasteiger partial charge in [-0.2, -0.15) is 0 Å². The van der Waals surface area contributed by atoms with Crippen LogP contribution in [0.15, 0.2) is 75.8 Å². The van der Waals surface area contributed by atoms with Crippen LogP contribution in [0.4, 0.5) is 16.2 Å². The number of hydrogen-bond acceptors (Lipinski definition) is 12. The number of nitrogens with zero attached hydrogens (tertiary/aromatic N) is 6. The molecule has 3 heterocycles. The molecule has 5 rings (SSSR count). The van der Waals surface area contributed by atoms with E-state index < -0.39 is 22.9 Å². The second-order valence-electron chi connectivity index (χ2n) is 9.95. The summed E-state index contributed by atoms with van der Waals surface area (Å²) in [6.45, 7) is 7.29. The lowest BCUT2D eigenvalue weighted by molar-refractivity contribution is -0.385. The summed E-state index contributed by atoms with van der Waals surface area (Å²) in [6.07, 6.45) is 0.259. The van der Waals surface area contributed by atoms with Gasteiger partial charge in [-0.3, -0.25) is 20.0 Å². The van der Waals surface area contributed by atoms with Gasteiger partial charge >= 0.3 is 6.16 Å². The fourth-order valence-electron chi connectivity index (χ4n) is 5.50. The standard InChI is InChI=1S/C29H32N6O7/c1-19-25(28-32-30-18-41-28)26(21-8-4-5-9-22(21)35(37)38)27(20(2)31-19)42-29(36)40-17-16-33-12-14-34(15-13-33)23-10-6-7-11-24(23)39-3/h4-11,18,25-26H,12-17H2,1-3H3. The Labute approximate surface area is 242 Å². The normalized spacial score (nSPS) is 19.3. The van der Waals surface area contributed by atoms with Gasteiger partial charge in [0.05, 0.1) is 35.3 Å². The third-order valence-corrected chi connectivity index (χ3v) is 7.50. The molecule has 13 nitrogen and oxygen atoms in total. The van der Waals surface area contributed by atoms with Crippen molar-refractivity contribution in [2.45, 2.75) is 25.7 Å². The molecule has 0 radical (unpaired) electrons. The van der Waals surface area contributed by atoms with E-state index in [1.54, 1.807) is 39.2 Å². The number of benzene rings is 2. The summed E-state index contributed by atoms with van der Waals surface area (Å²) in [4.78, 5) is 33.4. The predicted octanol–water partition coefficient (Wildman–Crippen LogP) is 4.54. The summed E-state index contributed by atoms with van der Waals surface area (Å²) < 4.78 is 22.2. The highest BCUT2D eigenvalue weighted by Gasteiger charge is 2.43. The molecular weight excluding hydrogens is 544 g/mol. The Morgan fingerprint density at radius 1 is 1.07 bits per heavy atom. The molecular formula is C29H32N6O7. The fraction of sp³-hybridized carbons (Fsp3) is 0.379. The molecule has 2 aromatic carbocycles. The maximum absolute atomic E-state index is 12.9. The van der Waals surface area contributed by atoms with Gasteiger partial charge in [-0.1, -0.05) is 30.3 Å². The summed E-state index contributed by atoms with van der Waals surface area (Å²) in [5.41, 5.74) is 2.25. The lowest BCUT2D eigenvalue weighted by Gasteiger charge is -2.36. The van der Waals surface area contributed by atoms with Crippen LogP contribution < -0.4 is 9.64 Å². The minimum absolute atomic E-state index is 0.116. The van der Waals surface area contributed by atoms with E-state index in [4.69, 9.17) is 18.6 Å². The van der Waals surface area contributed by atoms with Crippen LogP contribution in [0.5, 0.6) is 5.75 Å². The molecule has 0 amide bonds. The van der Waals surface area contributed by atoms with Gasteiger partial charge in [-0.15, -0.1) is 10.2 Å². The van der Waals surface area contributed by atoms with Gasteiger partial charge in [-0.25, -0.2) is 4.79 Å². The van der Waals surface area contributed by atoms with Crippen molar-refractivity contribution < 1.29 is 28.3 Å². The van der Waals surface area contributed by atoms with Crippen molar-refractivity contribution >= 4 is 23.2 Å². The quantitative estimate of drug-likeness (QED) is 0.201. The molecule has 13 heteroatoms. The Hall–Kier alpha value is -4.78. The number of para-hydroxylation sites is 3. The van der Waals surface area contributed by atoms with Crippen LogP contribution in [-0.4, -0.2) is 78.3 Å². The molecule has 220 valence electrons. The van der Waals surface area contributed by atoms with Gasteiger partial charge in [0.1, 0.15) is 18.1 Å². The number of nitro benzene ring substituents is 1. The number of methoxy groups -OCH3 is 1. The zero-order chi connectivity index (χ0) is 29.6. The van der Waals surface area contributed by atoms with E-state index in [-0.39, 0.29) is 23.9 Å². The maximum Gasteiger partial charge on any atom is 0.513 e. The van der Waals surface area contributed by atoms with Crippen molar-refractivity contribution in [3.05, 3.63) is 87.9 Å². The highest BCUT2D eigenvalue weighted by Crippen LogP contribution is 2.46. The van der Waals surface area contributed by atoms with E-state index in [0.717, 1.165) is 37.6 Å².